The molecule has 0 atom stereocenters. The molecule has 536 valence electrons. The van der Waals surface area contributed by atoms with Crippen LogP contribution in [0.5, 0.6) is 34.5 Å². The minimum atomic E-state index is -2.21. The maximum atomic E-state index is 14.0. The molecular weight excluding hydrogens is 1310 g/mol. The number of carbonyl (C=O) groups is 6. The van der Waals surface area contributed by atoms with Gasteiger partial charge in [-0.1, -0.05) is 159 Å². The van der Waals surface area contributed by atoms with Crippen LogP contribution < -0.4 is 28.4 Å². The third-order valence-electron chi connectivity index (χ3n) is 16.3. The molecule has 0 unspecified atom stereocenters. The number of rotatable bonds is 46. The predicted octanol–water partition coefficient (Wildman–Crippen LogP) is 18.2. The Kier molecular flexibility index (Phi) is 34.1. The van der Waals surface area contributed by atoms with Crippen LogP contribution in [0.1, 0.15) is 201 Å². The van der Waals surface area contributed by atoms with Gasteiger partial charge in [-0.15, -0.1) is 0 Å². The van der Waals surface area contributed by atoms with E-state index in [1.54, 1.807) is 97.9 Å². The summed E-state index contributed by atoms with van der Waals surface area (Å²) in [6, 6.07) is 36.1. The molecule has 0 N–H and O–H groups in total. The van der Waals surface area contributed by atoms with Crippen molar-refractivity contribution in [2.24, 2.45) is 0 Å². The van der Waals surface area contributed by atoms with Gasteiger partial charge < -0.3 is 42.6 Å². The van der Waals surface area contributed by atoms with Crippen molar-refractivity contribution in [2.45, 2.75) is 173 Å². The van der Waals surface area contributed by atoms with Crippen LogP contribution in [0.2, 0.25) is 0 Å². The Morgan fingerprint density at radius 1 is 0.343 bits per heavy atom. The van der Waals surface area contributed by atoms with Gasteiger partial charge in [-0.3, -0.25) is 14.4 Å². The van der Waals surface area contributed by atoms with Crippen molar-refractivity contribution in [2.75, 3.05) is 19.8 Å². The summed E-state index contributed by atoms with van der Waals surface area (Å²) in [6.45, 7) is 14.5. The van der Waals surface area contributed by atoms with Gasteiger partial charge in [0.1, 0.15) is 70.2 Å². The standard InChI is InChI=1S/C81H86F3N3O15/c1-5-81(100-75(88)27-21-15-9-6-12-18-24-48-94-66-39-30-60(31-40-66)57(2)78(91)97-69-45-36-63(54-85)72(82)51-69,101-76(89)28-22-16-10-7-13-19-25-49-95-67-41-32-61(33-42-67)58(3)79(92)98-70-46-37-64(55-86)73(83)52-70)102-77(90)29-23-17-11-8-14-20-26-50-96-68-43-34-62(35-44-68)59(4)80(93)99-71-47-38-65(56-87)74(84)53-71/h30-47,51-53H,2-29,48-50H2,1H3. The lowest BCUT2D eigenvalue weighted by atomic mass is 10.1. The number of esters is 6. The van der Waals surface area contributed by atoms with Crippen molar-refractivity contribution >= 4 is 52.5 Å². The van der Waals surface area contributed by atoms with Crippen molar-refractivity contribution in [1.82, 2.24) is 0 Å². The second-order valence-electron chi connectivity index (χ2n) is 24.1. The van der Waals surface area contributed by atoms with E-state index in [0.717, 1.165) is 134 Å². The summed E-state index contributed by atoms with van der Waals surface area (Å²) < 4.78 is 92.6. The van der Waals surface area contributed by atoms with E-state index in [1.165, 1.54) is 36.4 Å². The predicted molar refractivity (Wildman–Crippen MR) is 375 cm³/mol. The monoisotopic (exact) mass is 1400 g/mol. The molecule has 0 radical (unpaired) electrons. The summed E-state index contributed by atoms with van der Waals surface area (Å²) >= 11 is 0. The summed E-state index contributed by atoms with van der Waals surface area (Å²) in [4.78, 5) is 78.0. The highest BCUT2D eigenvalue weighted by atomic mass is 19.1. The quantitative estimate of drug-likeness (QED) is 0.0113. The smallest absolute Gasteiger partial charge is 0.423 e. The highest BCUT2D eigenvalue weighted by Crippen LogP contribution is 2.29. The fourth-order valence-electron chi connectivity index (χ4n) is 10.4. The number of nitrogens with zero attached hydrogens (tertiary/aromatic N) is 3. The number of ether oxygens (including phenoxy) is 9. The molecule has 0 saturated carbocycles. The minimum absolute atomic E-state index is 0.0314. The number of unbranched alkanes of at least 4 members (excludes halogenated alkanes) is 18. The van der Waals surface area contributed by atoms with Crippen LogP contribution in [0.4, 0.5) is 13.2 Å². The Labute approximate surface area is 594 Å². The minimum Gasteiger partial charge on any atom is -0.494 e. The van der Waals surface area contributed by atoms with Crippen LogP contribution in [0.15, 0.2) is 147 Å². The zero-order valence-corrected chi connectivity index (χ0v) is 57.6. The van der Waals surface area contributed by atoms with Gasteiger partial charge in [0.25, 0.3) is 0 Å². The average molecular weight is 1400 g/mol. The molecule has 0 heterocycles. The highest BCUT2D eigenvalue weighted by Gasteiger charge is 2.42. The van der Waals surface area contributed by atoms with Crippen molar-refractivity contribution in [3.05, 3.63) is 198 Å². The molecule has 0 aliphatic rings. The lowest BCUT2D eigenvalue weighted by Gasteiger charge is -2.30. The molecule has 0 aliphatic heterocycles. The van der Waals surface area contributed by atoms with Crippen LogP contribution in [0, 0.1) is 51.4 Å². The molecule has 0 bridgehead atoms. The van der Waals surface area contributed by atoms with Gasteiger partial charge in [-0.2, -0.15) is 15.8 Å². The molecule has 6 rings (SSSR count). The van der Waals surface area contributed by atoms with Crippen molar-refractivity contribution in [3.8, 4) is 52.7 Å². The Bertz CT molecular complexity index is 3550. The van der Waals surface area contributed by atoms with E-state index < -0.39 is 59.2 Å². The van der Waals surface area contributed by atoms with Gasteiger partial charge in [0.05, 0.1) is 59.7 Å². The third kappa shape index (κ3) is 28.0. The molecule has 0 fully saturated rings. The van der Waals surface area contributed by atoms with Gasteiger partial charge in [-0.05, 0) is 128 Å². The molecule has 0 saturated heterocycles. The van der Waals surface area contributed by atoms with Gasteiger partial charge >= 0.3 is 41.8 Å². The van der Waals surface area contributed by atoms with E-state index in [9.17, 15) is 41.9 Å². The molecule has 102 heavy (non-hydrogen) atoms. The molecule has 6 aromatic rings. The normalized spacial score (nSPS) is 10.8. The summed E-state index contributed by atoms with van der Waals surface area (Å²) in [5, 5.41) is 26.8. The van der Waals surface area contributed by atoms with E-state index in [4.69, 9.17) is 58.4 Å². The van der Waals surface area contributed by atoms with Crippen LogP contribution in [-0.2, 0) is 43.0 Å². The maximum Gasteiger partial charge on any atom is 0.423 e. The zero-order chi connectivity index (χ0) is 73.5. The molecule has 21 heteroatoms. The lowest BCUT2D eigenvalue weighted by Crippen LogP contribution is -2.44. The molecule has 0 amide bonds. The summed E-state index contributed by atoms with van der Waals surface area (Å²) in [7, 11) is 0. The fourth-order valence-corrected chi connectivity index (χ4v) is 10.4. The lowest BCUT2D eigenvalue weighted by molar-refractivity contribution is -0.331. The van der Waals surface area contributed by atoms with E-state index in [0.29, 0.717) is 73.0 Å². The first-order valence-corrected chi connectivity index (χ1v) is 34.5. The molecular formula is C81H86F3N3O15. The Hall–Kier alpha value is -11.0. The Morgan fingerprint density at radius 3 is 0.794 bits per heavy atom. The maximum absolute atomic E-state index is 14.0. The van der Waals surface area contributed by atoms with E-state index in [1.807, 2.05) is 0 Å². The topological polar surface area (TPSA) is 257 Å². The highest BCUT2D eigenvalue weighted by molar-refractivity contribution is 6.17. The summed E-state index contributed by atoms with van der Waals surface area (Å²) in [6.07, 6.45) is 17.2. The molecule has 0 spiro atoms. The second-order valence-corrected chi connectivity index (χ2v) is 24.1. The number of benzene rings is 6. The van der Waals surface area contributed by atoms with Crippen molar-refractivity contribution < 1.29 is 84.6 Å². The molecule has 6 aromatic carbocycles. The number of halogens is 3. The average Bonchev–Trinajstić information content (AvgIpc) is 0.852. The fraction of sp³-hybridized carbons (Fsp3) is 0.370. The van der Waals surface area contributed by atoms with Gasteiger partial charge in [0, 0.05) is 37.5 Å². The van der Waals surface area contributed by atoms with Gasteiger partial charge in [0.2, 0.25) is 0 Å². The second kappa shape index (κ2) is 43.5. The first-order chi connectivity index (χ1) is 49.3. The first-order valence-electron chi connectivity index (χ1n) is 34.5. The van der Waals surface area contributed by atoms with Crippen molar-refractivity contribution in [1.29, 1.82) is 15.8 Å². The molecule has 18 nitrogen and oxygen atoms in total. The summed E-state index contributed by atoms with van der Waals surface area (Å²) in [5.41, 5.74) is 1.21. The van der Waals surface area contributed by atoms with Crippen molar-refractivity contribution in [3.63, 3.8) is 0 Å². The van der Waals surface area contributed by atoms with E-state index >= 15 is 0 Å². The van der Waals surface area contributed by atoms with Crippen LogP contribution in [0.25, 0.3) is 16.7 Å². The van der Waals surface area contributed by atoms with Crippen LogP contribution in [-0.4, -0.2) is 61.6 Å². The number of hydrogen-bond acceptors (Lipinski definition) is 18. The summed E-state index contributed by atoms with van der Waals surface area (Å²) in [5.74, 6) is -7.13. The van der Waals surface area contributed by atoms with Crippen LogP contribution in [0.3, 0.4) is 0 Å². The van der Waals surface area contributed by atoms with Crippen LogP contribution >= 0.6 is 0 Å². The first kappa shape index (κ1) is 80.0. The van der Waals surface area contributed by atoms with Gasteiger partial charge in [0.15, 0.2) is 0 Å². The number of hydrogen-bond donors (Lipinski definition) is 0. The SMILES string of the molecule is C=C(C(=O)Oc1ccc(C#N)c(F)c1)c1ccc(OCCCCCCCCCC(=O)OC(CC)(OC(=O)CCCCCCCCCOc2ccc(C(=C)C(=O)Oc3ccc(C#N)c(F)c3)cc2)OC(=O)CCCCCCCCCOc2ccc(C(=C)C(=O)Oc3ccc(C#N)c(F)c3)cc2)cc1. The van der Waals surface area contributed by atoms with E-state index in [-0.39, 0.29) is 76.3 Å². The van der Waals surface area contributed by atoms with E-state index in [2.05, 4.69) is 19.7 Å². The van der Waals surface area contributed by atoms with Gasteiger partial charge in [-0.25, -0.2) is 27.6 Å². The Morgan fingerprint density at radius 2 is 0.569 bits per heavy atom. The largest absolute Gasteiger partial charge is 0.494 e. The molecule has 0 aliphatic carbocycles. The Balaban J connectivity index is 0.853. The molecule has 0 aromatic heterocycles. The third-order valence-corrected chi connectivity index (χ3v) is 16.3. The zero-order valence-electron chi connectivity index (χ0n) is 57.6. The number of carbonyl (C=O) groups excluding carboxylic acids is 6. The number of nitriles is 3.